The molecular weight excluding hydrogens is 249 g/mol. The van der Waals surface area contributed by atoms with Gasteiger partial charge in [0, 0.05) is 10.6 Å². The Morgan fingerprint density at radius 1 is 1.17 bits per heavy atom. The predicted octanol–water partition coefficient (Wildman–Crippen LogP) is 3.70. The maximum absolute atomic E-state index is 13.2. The Kier molecular flexibility index (Phi) is 3.85. The minimum atomic E-state index is -0.393. The molecule has 2 nitrogen and oxygen atoms in total. The van der Waals surface area contributed by atoms with Gasteiger partial charge in [-0.1, -0.05) is 0 Å². The second-order valence-corrected chi connectivity index (χ2v) is 4.79. The first-order valence-corrected chi connectivity index (χ1v) is 6.27. The maximum atomic E-state index is 13.2. The molecule has 0 radical (unpaired) electrons. The van der Waals surface area contributed by atoms with Crippen LogP contribution in [0.2, 0.25) is 0 Å². The van der Waals surface area contributed by atoms with Crippen molar-refractivity contribution >= 4 is 11.8 Å². The molecule has 2 aromatic rings. The molecule has 0 atom stereocenters. The molecule has 0 saturated carbocycles. The van der Waals surface area contributed by atoms with Crippen molar-refractivity contribution in [1.82, 2.24) is 0 Å². The number of thioether (sulfide) groups is 1. The van der Waals surface area contributed by atoms with Crippen LogP contribution in [-0.2, 0) is 5.75 Å². The summed E-state index contributed by atoms with van der Waals surface area (Å²) >= 11 is 1.52. The number of phenols is 1. The molecule has 0 bridgehead atoms. The Balaban J connectivity index is 2.08. The van der Waals surface area contributed by atoms with Crippen LogP contribution >= 0.6 is 11.8 Å². The highest BCUT2D eigenvalue weighted by Gasteiger charge is 2.02. The van der Waals surface area contributed by atoms with E-state index in [9.17, 15) is 4.39 Å². The molecule has 0 aliphatic heterocycles. The Morgan fingerprint density at radius 2 is 1.89 bits per heavy atom. The summed E-state index contributed by atoms with van der Waals surface area (Å²) in [5.74, 6) is 0.407. The van der Waals surface area contributed by atoms with Crippen LogP contribution in [0.15, 0.2) is 47.4 Å². The lowest BCUT2D eigenvalue weighted by atomic mass is 10.1. The lowest BCUT2D eigenvalue weighted by Crippen LogP contribution is -1.86. The van der Waals surface area contributed by atoms with Gasteiger partial charge in [-0.05, 0) is 48.0 Å². The molecule has 1 N–H and O–H groups in total. The summed E-state index contributed by atoms with van der Waals surface area (Å²) in [7, 11) is 0. The molecule has 0 aliphatic carbocycles. The highest BCUT2D eigenvalue weighted by atomic mass is 32.2. The van der Waals surface area contributed by atoms with Crippen molar-refractivity contribution < 1.29 is 9.50 Å². The van der Waals surface area contributed by atoms with Crippen LogP contribution in [0.5, 0.6) is 5.75 Å². The third kappa shape index (κ3) is 3.25. The molecule has 2 aromatic carbocycles. The van der Waals surface area contributed by atoms with Crippen molar-refractivity contribution in [3.63, 3.8) is 0 Å². The largest absolute Gasteiger partial charge is 0.508 e. The number of hydrogen-bond acceptors (Lipinski definition) is 3. The highest BCUT2D eigenvalue weighted by Crippen LogP contribution is 2.25. The van der Waals surface area contributed by atoms with Crippen LogP contribution in [0.25, 0.3) is 0 Å². The Morgan fingerprint density at radius 3 is 2.56 bits per heavy atom. The number of hydrogen-bond donors (Lipinski definition) is 1. The Bertz CT molecular complexity index is 590. The van der Waals surface area contributed by atoms with Crippen molar-refractivity contribution in [1.29, 1.82) is 5.26 Å². The van der Waals surface area contributed by atoms with Crippen molar-refractivity contribution in [3.05, 3.63) is 59.4 Å². The second kappa shape index (κ2) is 5.56. The number of rotatable bonds is 3. The quantitative estimate of drug-likeness (QED) is 0.855. The summed E-state index contributed by atoms with van der Waals surface area (Å²) in [6.45, 7) is 0. The van der Waals surface area contributed by atoms with Gasteiger partial charge in [-0.25, -0.2) is 4.39 Å². The van der Waals surface area contributed by atoms with Gasteiger partial charge in [-0.3, -0.25) is 0 Å². The fraction of sp³-hybridized carbons (Fsp3) is 0.0714. The normalized spacial score (nSPS) is 10.0. The summed E-state index contributed by atoms with van der Waals surface area (Å²) in [4.78, 5) is 0.982. The predicted molar refractivity (Wildman–Crippen MR) is 68.8 cm³/mol. The molecule has 0 fully saturated rings. The molecule has 90 valence electrons. The molecule has 0 aliphatic rings. The van der Waals surface area contributed by atoms with E-state index in [1.165, 1.54) is 23.9 Å². The van der Waals surface area contributed by atoms with Crippen LogP contribution in [0.4, 0.5) is 4.39 Å². The highest BCUT2D eigenvalue weighted by molar-refractivity contribution is 7.98. The minimum Gasteiger partial charge on any atom is -0.508 e. The van der Waals surface area contributed by atoms with Gasteiger partial charge in [0.25, 0.3) is 0 Å². The first-order chi connectivity index (χ1) is 8.67. The van der Waals surface area contributed by atoms with E-state index in [-0.39, 0.29) is 5.75 Å². The Labute approximate surface area is 109 Å². The van der Waals surface area contributed by atoms with E-state index in [2.05, 4.69) is 0 Å². The standard InChI is InChI=1S/C14H10FNOS/c15-12-6-10(8-16)5-11(7-12)9-18-14-3-1-13(17)2-4-14/h1-7,17H,9H2. The molecule has 0 saturated heterocycles. The summed E-state index contributed by atoms with van der Waals surface area (Å²) in [6, 6.07) is 13.1. The molecular formula is C14H10FNOS. The number of nitrogens with zero attached hydrogens (tertiary/aromatic N) is 1. The lowest BCUT2D eigenvalue weighted by molar-refractivity contribution is 0.475. The van der Waals surface area contributed by atoms with Gasteiger partial charge in [-0.2, -0.15) is 5.26 Å². The smallest absolute Gasteiger partial charge is 0.124 e. The summed E-state index contributed by atoms with van der Waals surface area (Å²) in [6.07, 6.45) is 0. The monoisotopic (exact) mass is 259 g/mol. The van der Waals surface area contributed by atoms with Gasteiger partial charge < -0.3 is 5.11 Å². The molecule has 4 heteroatoms. The maximum Gasteiger partial charge on any atom is 0.124 e. The third-order valence-electron chi connectivity index (χ3n) is 2.33. The van der Waals surface area contributed by atoms with Crippen molar-refractivity contribution in [2.45, 2.75) is 10.6 Å². The first kappa shape index (κ1) is 12.5. The van der Waals surface area contributed by atoms with E-state index in [1.54, 1.807) is 30.3 Å². The van der Waals surface area contributed by atoms with E-state index < -0.39 is 5.82 Å². The molecule has 0 aromatic heterocycles. The zero-order valence-corrected chi connectivity index (χ0v) is 10.2. The fourth-order valence-corrected chi connectivity index (χ4v) is 2.34. The van der Waals surface area contributed by atoms with Crippen LogP contribution in [0.3, 0.4) is 0 Å². The van der Waals surface area contributed by atoms with E-state index in [4.69, 9.17) is 10.4 Å². The third-order valence-corrected chi connectivity index (χ3v) is 3.41. The van der Waals surface area contributed by atoms with Crippen molar-refractivity contribution in [2.24, 2.45) is 0 Å². The van der Waals surface area contributed by atoms with Crippen LogP contribution < -0.4 is 0 Å². The first-order valence-electron chi connectivity index (χ1n) is 5.29. The van der Waals surface area contributed by atoms with Crippen LogP contribution in [0.1, 0.15) is 11.1 Å². The summed E-state index contributed by atoms with van der Waals surface area (Å²) < 4.78 is 13.2. The van der Waals surface area contributed by atoms with Gasteiger partial charge in [-0.15, -0.1) is 11.8 Å². The Hall–Kier alpha value is -1.99. The number of halogens is 1. The molecule has 0 heterocycles. The average Bonchev–Trinajstić information content (AvgIpc) is 2.37. The molecule has 0 unspecified atom stereocenters. The summed E-state index contributed by atoms with van der Waals surface area (Å²) in [5.41, 5.74) is 1.10. The van der Waals surface area contributed by atoms with E-state index in [0.29, 0.717) is 11.3 Å². The van der Waals surface area contributed by atoms with Gasteiger partial charge >= 0.3 is 0 Å². The zero-order chi connectivity index (χ0) is 13.0. The average molecular weight is 259 g/mol. The number of phenolic OH excluding ortho intramolecular Hbond substituents is 1. The molecule has 18 heavy (non-hydrogen) atoms. The molecule has 2 rings (SSSR count). The molecule has 0 spiro atoms. The number of nitriles is 1. The van der Waals surface area contributed by atoms with Gasteiger partial charge in [0.1, 0.15) is 11.6 Å². The van der Waals surface area contributed by atoms with E-state index >= 15 is 0 Å². The number of aromatic hydroxyl groups is 1. The summed E-state index contributed by atoms with van der Waals surface area (Å²) in [5, 5.41) is 17.9. The van der Waals surface area contributed by atoms with Crippen molar-refractivity contribution in [2.75, 3.05) is 0 Å². The molecule has 0 amide bonds. The van der Waals surface area contributed by atoms with Gasteiger partial charge in [0.2, 0.25) is 0 Å². The second-order valence-electron chi connectivity index (χ2n) is 3.74. The van der Waals surface area contributed by atoms with Gasteiger partial charge in [0.05, 0.1) is 11.6 Å². The van der Waals surface area contributed by atoms with Crippen molar-refractivity contribution in [3.8, 4) is 11.8 Å². The topological polar surface area (TPSA) is 44.0 Å². The lowest BCUT2D eigenvalue weighted by Gasteiger charge is -2.03. The SMILES string of the molecule is N#Cc1cc(F)cc(CSc2ccc(O)cc2)c1. The number of benzene rings is 2. The fourth-order valence-electron chi connectivity index (χ4n) is 1.51. The van der Waals surface area contributed by atoms with E-state index in [0.717, 1.165) is 10.5 Å². The zero-order valence-electron chi connectivity index (χ0n) is 9.43. The van der Waals surface area contributed by atoms with Gasteiger partial charge in [0.15, 0.2) is 0 Å². The van der Waals surface area contributed by atoms with Crippen LogP contribution in [-0.4, -0.2) is 5.11 Å². The van der Waals surface area contributed by atoms with Crippen LogP contribution in [0, 0.1) is 17.1 Å². The minimum absolute atomic E-state index is 0.219. The van der Waals surface area contributed by atoms with E-state index in [1.807, 2.05) is 6.07 Å².